The molecular weight excluding hydrogens is 166 g/mol. The van der Waals surface area contributed by atoms with Gasteiger partial charge in [0, 0.05) is 12.2 Å². The summed E-state index contributed by atoms with van der Waals surface area (Å²) in [5.41, 5.74) is 6.56. The number of nitrogens with zero attached hydrogens (tertiary/aromatic N) is 2. The standard InChI is InChI=1S/C9H15N3O/c1-3-5-12-7(4-2)6-8(11-12)9(10)13/h6H,3-5H2,1-2H3,(H2,10,13). The average molecular weight is 181 g/mol. The molecule has 1 aromatic heterocycles. The van der Waals surface area contributed by atoms with Crippen molar-refractivity contribution in [1.82, 2.24) is 9.78 Å². The van der Waals surface area contributed by atoms with Gasteiger partial charge in [0.25, 0.3) is 5.91 Å². The minimum absolute atomic E-state index is 0.366. The first kappa shape index (κ1) is 9.77. The Morgan fingerprint density at radius 1 is 1.62 bits per heavy atom. The van der Waals surface area contributed by atoms with Gasteiger partial charge in [0.2, 0.25) is 0 Å². The Labute approximate surface area is 77.7 Å². The molecule has 72 valence electrons. The molecule has 0 atom stereocenters. The largest absolute Gasteiger partial charge is 0.364 e. The highest BCUT2D eigenvalue weighted by molar-refractivity contribution is 5.90. The Hall–Kier alpha value is -1.32. The third-order valence-electron chi connectivity index (χ3n) is 1.91. The third kappa shape index (κ3) is 2.08. The minimum atomic E-state index is -0.454. The Morgan fingerprint density at radius 2 is 2.31 bits per heavy atom. The molecule has 0 saturated carbocycles. The van der Waals surface area contributed by atoms with Crippen molar-refractivity contribution in [3.8, 4) is 0 Å². The molecule has 1 amide bonds. The SMILES string of the molecule is CCCn1nc(C(N)=O)cc1CC. The topological polar surface area (TPSA) is 60.9 Å². The van der Waals surface area contributed by atoms with Gasteiger partial charge < -0.3 is 5.73 Å². The number of carbonyl (C=O) groups excluding carboxylic acids is 1. The van der Waals surface area contributed by atoms with Crippen LogP contribution in [0.4, 0.5) is 0 Å². The highest BCUT2D eigenvalue weighted by Crippen LogP contribution is 2.05. The van der Waals surface area contributed by atoms with Crippen molar-refractivity contribution in [1.29, 1.82) is 0 Å². The molecule has 1 heterocycles. The van der Waals surface area contributed by atoms with Crippen LogP contribution in [-0.2, 0) is 13.0 Å². The van der Waals surface area contributed by atoms with E-state index in [0.717, 1.165) is 25.1 Å². The van der Waals surface area contributed by atoms with E-state index in [1.807, 2.05) is 11.6 Å². The van der Waals surface area contributed by atoms with Crippen LogP contribution in [0, 0.1) is 0 Å². The lowest BCUT2D eigenvalue weighted by atomic mass is 10.3. The number of aryl methyl sites for hydroxylation is 2. The van der Waals surface area contributed by atoms with E-state index >= 15 is 0 Å². The van der Waals surface area contributed by atoms with Crippen molar-refractivity contribution < 1.29 is 4.79 Å². The summed E-state index contributed by atoms with van der Waals surface area (Å²) in [6, 6.07) is 1.76. The summed E-state index contributed by atoms with van der Waals surface area (Å²) >= 11 is 0. The monoisotopic (exact) mass is 181 g/mol. The van der Waals surface area contributed by atoms with Gasteiger partial charge in [-0.15, -0.1) is 0 Å². The van der Waals surface area contributed by atoms with E-state index < -0.39 is 5.91 Å². The highest BCUT2D eigenvalue weighted by atomic mass is 16.1. The predicted octanol–water partition coefficient (Wildman–Crippen LogP) is 0.954. The number of amides is 1. The molecule has 4 nitrogen and oxygen atoms in total. The first-order chi connectivity index (χ1) is 6.19. The molecule has 0 aliphatic heterocycles. The molecule has 0 aliphatic rings. The van der Waals surface area contributed by atoms with Crippen LogP contribution in [0.1, 0.15) is 36.5 Å². The fourth-order valence-electron chi connectivity index (χ4n) is 1.27. The lowest BCUT2D eigenvalue weighted by molar-refractivity contribution is 0.0994. The van der Waals surface area contributed by atoms with Crippen molar-refractivity contribution in [3.63, 3.8) is 0 Å². The van der Waals surface area contributed by atoms with E-state index in [1.165, 1.54) is 0 Å². The van der Waals surface area contributed by atoms with Gasteiger partial charge in [-0.25, -0.2) is 0 Å². The predicted molar refractivity (Wildman–Crippen MR) is 50.4 cm³/mol. The molecule has 0 radical (unpaired) electrons. The van der Waals surface area contributed by atoms with Gasteiger partial charge >= 0.3 is 0 Å². The molecule has 0 bridgehead atoms. The second kappa shape index (κ2) is 4.07. The van der Waals surface area contributed by atoms with Crippen LogP contribution in [0.3, 0.4) is 0 Å². The Morgan fingerprint density at radius 3 is 2.77 bits per heavy atom. The van der Waals surface area contributed by atoms with Gasteiger partial charge in [-0.2, -0.15) is 5.10 Å². The Kier molecular flexibility index (Phi) is 3.06. The van der Waals surface area contributed by atoms with Crippen LogP contribution in [0.2, 0.25) is 0 Å². The van der Waals surface area contributed by atoms with Gasteiger partial charge in [0.1, 0.15) is 5.69 Å². The molecule has 0 fully saturated rings. The number of primary amides is 1. The van der Waals surface area contributed by atoms with Gasteiger partial charge in [0.15, 0.2) is 0 Å². The smallest absolute Gasteiger partial charge is 0.269 e. The first-order valence-corrected chi connectivity index (χ1v) is 4.55. The summed E-state index contributed by atoms with van der Waals surface area (Å²) < 4.78 is 1.85. The molecule has 4 heteroatoms. The van der Waals surface area contributed by atoms with Crippen molar-refractivity contribution in [2.75, 3.05) is 0 Å². The van der Waals surface area contributed by atoms with E-state index in [2.05, 4.69) is 12.0 Å². The number of rotatable bonds is 4. The number of aromatic nitrogens is 2. The Balaban J connectivity index is 2.96. The number of hydrogen-bond donors (Lipinski definition) is 1. The molecule has 13 heavy (non-hydrogen) atoms. The fraction of sp³-hybridized carbons (Fsp3) is 0.556. The maximum Gasteiger partial charge on any atom is 0.269 e. The minimum Gasteiger partial charge on any atom is -0.364 e. The van der Waals surface area contributed by atoms with Crippen molar-refractivity contribution in [2.45, 2.75) is 33.2 Å². The maximum absolute atomic E-state index is 10.8. The lowest BCUT2D eigenvalue weighted by Gasteiger charge is -2.01. The van der Waals surface area contributed by atoms with E-state index in [4.69, 9.17) is 5.73 Å². The van der Waals surface area contributed by atoms with Crippen LogP contribution in [0.25, 0.3) is 0 Å². The fourth-order valence-corrected chi connectivity index (χ4v) is 1.27. The molecule has 2 N–H and O–H groups in total. The van der Waals surface area contributed by atoms with Gasteiger partial charge in [-0.1, -0.05) is 13.8 Å². The summed E-state index contributed by atoms with van der Waals surface area (Å²) in [6.45, 7) is 4.95. The Bertz CT molecular complexity index is 304. The van der Waals surface area contributed by atoms with Gasteiger partial charge in [-0.05, 0) is 18.9 Å². The molecule has 0 unspecified atom stereocenters. The quantitative estimate of drug-likeness (QED) is 0.751. The van der Waals surface area contributed by atoms with E-state index in [-0.39, 0.29) is 0 Å². The van der Waals surface area contributed by atoms with E-state index in [1.54, 1.807) is 6.07 Å². The van der Waals surface area contributed by atoms with Crippen molar-refractivity contribution in [2.24, 2.45) is 5.73 Å². The van der Waals surface area contributed by atoms with Gasteiger partial charge in [-0.3, -0.25) is 9.48 Å². The molecule has 1 rings (SSSR count). The molecule has 1 aromatic rings. The molecule has 0 saturated heterocycles. The second-order valence-electron chi connectivity index (χ2n) is 2.96. The van der Waals surface area contributed by atoms with Crippen molar-refractivity contribution in [3.05, 3.63) is 17.5 Å². The third-order valence-corrected chi connectivity index (χ3v) is 1.91. The zero-order chi connectivity index (χ0) is 9.84. The van der Waals surface area contributed by atoms with Crippen LogP contribution >= 0.6 is 0 Å². The van der Waals surface area contributed by atoms with E-state index in [9.17, 15) is 4.79 Å². The average Bonchev–Trinajstić information content (AvgIpc) is 2.48. The summed E-state index contributed by atoms with van der Waals surface area (Å²) in [7, 11) is 0. The summed E-state index contributed by atoms with van der Waals surface area (Å²) in [5.74, 6) is -0.454. The van der Waals surface area contributed by atoms with Crippen LogP contribution in [-0.4, -0.2) is 15.7 Å². The summed E-state index contributed by atoms with van der Waals surface area (Å²) in [4.78, 5) is 10.8. The zero-order valence-corrected chi connectivity index (χ0v) is 8.08. The molecule has 0 aromatic carbocycles. The summed E-state index contributed by atoms with van der Waals surface area (Å²) in [6.07, 6.45) is 1.88. The molecule has 0 aliphatic carbocycles. The highest BCUT2D eigenvalue weighted by Gasteiger charge is 2.09. The van der Waals surface area contributed by atoms with Gasteiger partial charge in [0.05, 0.1) is 0 Å². The number of hydrogen-bond acceptors (Lipinski definition) is 2. The molecule has 0 spiro atoms. The second-order valence-corrected chi connectivity index (χ2v) is 2.96. The zero-order valence-electron chi connectivity index (χ0n) is 8.08. The number of carbonyl (C=O) groups is 1. The summed E-state index contributed by atoms with van der Waals surface area (Å²) in [5, 5.41) is 4.11. The van der Waals surface area contributed by atoms with E-state index in [0.29, 0.717) is 5.69 Å². The lowest BCUT2D eigenvalue weighted by Crippen LogP contribution is -2.12. The molecular formula is C9H15N3O. The van der Waals surface area contributed by atoms with Crippen LogP contribution in [0.5, 0.6) is 0 Å². The van der Waals surface area contributed by atoms with Crippen molar-refractivity contribution >= 4 is 5.91 Å². The normalized spacial score (nSPS) is 10.3. The van der Waals surface area contributed by atoms with Crippen LogP contribution in [0.15, 0.2) is 6.07 Å². The first-order valence-electron chi connectivity index (χ1n) is 4.55. The number of nitrogens with two attached hydrogens (primary N) is 1. The maximum atomic E-state index is 10.8. The van der Waals surface area contributed by atoms with Crippen LogP contribution < -0.4 is 5.73 Å².